The lowest BCUT2D eigenvalue weighted by atomic mass is 10.1. The Morgan fingerprint density at radius 1 is 0.730 bits per heavy atom. The molecule has 0 fully saturated rings. The van der Waals surface area contributed by atoms with E-state index in [1.165, 1.54) is 32.6 Å². The van der Waals surface area contributed by atoms with Gasteiger partial charge in [-0.25, -0.2) is 0 Å². The number of nitrogens with zero attached hydrogens (tertiary/aromatic N) is 1. The van der Waals surface area contributed by atoms with Crippen molar-refractivity contribution in [1.82, 2.24) is 0 Å². The summed E-state index contributed by atoms with van der Waals surface area (Å²) in [5.74, 6) is -1.07. The minimum atomic E-state index is -0.526. The first-order valence-electron chi connectivity index (χ1n) is 13.9. The van der Waals surface area contributed by atoms with Crippen LogP contribution in [0.4, 0.5) is 0 Å². The van der Waals surface area contributed by atoms with E-state index in [1.807, 2.05) is 21.1 Å². The number of quaternary nitrogens is 1. The van der Waals surface area contributed by atoms with Crippen molar-refractivity contribution in [2.24, 2.45) is 0 Å². The van der Waals surface area contributed by atoms with Crippen LogP contribution in [0.2, 0.25) is 0 Å². The highest BCUT2D eigenvalue weighted by atomic mass is 16.6. The van der Waals surface area contributed by atoms with Gasteiger partial charge in [0.05, 0.1) is 40.8 Å². The van der Waals surface area contributed by atoms with Gasteiger partial charge in [0.2, 0.25) is 0 Å². The highest BCUT2D eigenvalue weighted by Crippen LogP contribution is 2.08. The molecule has 7 heteroatoms. The van der Waals surface area contributed by atoms with Gasteiger partial charge < -0.3 is 18.7 Å². The molecule has 0 aromatic rings. The zero-order valence-electron chi connectivity index (χ0n) is 24.0. The van der Waals surface area contributed by atoms with Crippen LogP contribution < -0.4 is 0 Å². The fraction of sp³-hybridized carbons (Fsp3) is 0.700. The summed E-state index contributed by atoms with van der Waals surface area (Å²) in [7, 11) is 5.88. The molecule has 1 atom stereocenters. The zero-order valence-corrected chi connectivity index (χ0v) is 24.0. The lowest BCUT2D eigenvalue weighted by molar-refractivity contribution is -0.873. The molecule has 0 aromatic heterocycles. The molecule has 212 valence electrons. The molecule has 37 heavy (non-hydrogen) atoms. The van der Waals surface area contributed by atoms with Crippen LogP contribution in [-0.4, -0.2) is 69.4 Å². The maximum Gasteiger partial charge on any atom is 0.309 e. The minimum Gasteiger partial charge on any atom is -0.466 e. The van der Waals surface area contributed by atoms with Crippen molar-refractivity contribution >= 4 is 17.9 Å². The Bertz CT molecular complexity index is 705. The normalized spacial score (nSPS) is 12.9. The summed E-state index contributed by atoms with van der Waals surface area (Å²) in [6.45, 7) is 4.45. The van der Waals surface area contributed by atoms with Crippen molar-refractivity contribution in [2.75, 3.05) is 40.9 Å². The quantitative estimate of drug-likeness (QED) is 0.0564. The van der Waals surface area contributed by atoms with Crippen LogP contribution in [0.3, 0.4) is 0 Å². The summed E-state index contributed by atoms with van der Waals surface area (Å²) in [6.07, 6.45) is 23.2. The topological polar surface area (TPSA) is 78.9 Å². The van der Waals surface area contributed by atoms with Crippen LogP contribution in [0.1, 0.15) is 90.9 Å². The molecule has 0 saturated carbocycles. The summed E-state index contributed by atoms with van der Waals surface area (Å²) in [6, 6.07) is 0. The second kappa shape index (κ2) is 22.8. The lowest BCUT2D eigenvalue weighted by Gasteiger charge is -2.28. The fourth-order valence-corrected chi connectivity index (χ4v) is 3.56. The number of rotatable bonds is 22. The number of unbranched alkanes of at least 4 members (excludes halogenated alkanes) is 5. The Labute approximate surface area is 225 Å². The van der Waals surface area contributed by atoms with Crippen LogP contribution in [0, 0.1) is 0 Å². The minimum absolute atomic E-state index is 0.0101. The van der Waals surface area contributed by atoms with E-state index < -0.39 is 18.0 Å². The lowest BCUT2D eigenvalue weighted by Crippen LogP contribution is -2.43. The van der Waals surface area contributed by atoms with Crippen LogP contribution in [0.25, 0.3) is 0 Å². The second-order valence-corrected chi connectivity index (χ2v) is 10.3. The Morgan fingerprint density at radius 2 is 1.27 bits per heavy atom. The van der Waals surface area contributed by atoms with Gasteiger partial charge in [0.15, 0.2) is 6.10 Å². The van der Waals surface area contributed by atoms with Gasteiger partial charge in [-0.1, -0.05) is 56.2 Å². The first kappa shape index (κ1) is 34.6. The smallest absolute Gasteiger partial charge is 0.309 e. The van der Waals surface area contributed by atoms with Gasteiger partial charge in [0.25, 0.3) is 0 Å². The maximum absolute atomic E-state index is 12.0. The molecule has 0 spiro atoms. The maximum atomic E-state index is 12.0. The van der Waals surface area contributed by atoms with Crippen LogP contribution in [-0.2, 0) is 28.6 Å². The molecule has 0 heterocycles. The number of carbonyl (C=O) groups is 3. The predicted molar refractivity (Wildman–Crippen MR) is 149 cm³/mol. The van der Waals surface area contributed by atoms with Gasteiger partial charge >= 0.3 is 17.9 Å². The molecule has 0 aliphatic carbocycles. The third kappa shape index (κ3) is 26.5. The predicted octanol–water partition coefficient (Wildman–Crippen LogP) is 6.08. The Morgan fingerprint density at radius 3 is 1.81 bits per heavy atom. The van der Waals surface area contributed by atoms with Crippen LogP contribution in [0.15, 0.2) is 36.5 Å². The van der Waals surface area contributed by atoms with Gasteiger partial charge in [0, 0.05) is 19.8 Å². The molecule has 0 N–H and O–H groups in total. The van der Waals surface area contributed by atoms with Crippen LogP contribution >= 0.6 is 0 Å². The van der Waals surface area contributed by atoms with Crippen molar-refractivity contribution < 1.29 is 33.1 Å². The van der Waals surface area contributed by atoms with E-state index in [1.54, 1.807) is 0 Å². The average molecular weight is 523 g/mol. The number of hydrogen-bond acceptors (Lipinski definition) is 6. The molecule has 0 radical (unpaired) electrons. The summed E-state index contributed by atoms with van der Waals surface area (Å²) < 4.78 is 16.2. The Balaban J connectivity index is 3.74. The number of allylic oxidation sites excluding steroid dienone is 6. The number of hydrogen-bond donors (Lipinski definition) is 0. The number of esters is 3. The van der Waals surface area contributed by atoms with Crippen molar-refractivity contribution in [3.8, 4) is 0 Å². The van der Waals surface area contributed by atoms with E-state index in [2.05, 4.69) is 43.4 Å². The first-order chi connectivity index (χ1) is 17.6. The van der Waals surface area contributed by atoms with E-state index in [4.69, 9.17) is 14.2 Å². The zero-order chi connectivity index (χ0) is 27.8. The van der Waals surface area contributed by atoms with E-state index in [9.17, 15) is 14.4 Å². The first-order valence-corrected chi connectivity index (χ1v) is 13.9. The molecular weight excluding hydrogens is 470 g/mol. The molecule has 0 aromatic carbocycles. The summed E-state index contributed by atoms with van der Waals surface area (Å²) in [5, 5.41) is 0. The van der Waals surface area contributed by atoms with E-state index in [-0.39, 0.29) is 25.6 Å². The van der Waals surface area contributed by atoms with Gasteiger partial charge in [-0.2, -0.15) is 0 Å². The number of likely N-dealkylation sites (N-methyl/N-ethyl adjacent to an activating group) is 1. The van der Waals surface area contributed by atoms with Crippen molar-refractivity contribution in [3.05, 3.63) is 36.5 Å². The van der Waals surface area contributed by atoms with E-state index in [0.717, 1.165) is 32.1 Å². The molecule has 0 unspecified atom stereocenters. The largest absolute Gasteiger partial charge is 0.466 e. The summed E-state index contributed by atoms with van der Waals surface area (Å²) >= 11 is 0. The highest BCUT2D eigenvalue weighted by Gasteiger charge is 2.24. The molecule has 0 saturated heterocycles. The summed E-state index contributed by atoms with van der Waals surface area (Å²) in [5.41, 5.74) is 0. The third-order valence-electron chi connectivity index (χ3n) is 5.31. The van der Waals surface area contributed by atoms with E-state index >= 15 is 0 Å². The second-order valence-electron chi connectivity index (χ2n) is 10.3. The molecule has 0 aliphatic rings. The SMILES string of the molecule is CCCCCC=CCC=CCC=CCCCCC(=O)OCCCOC(=O)C[C@H](C[N+](C)(C)C)OC(C)=O. The van der Waals surface area contributed by atoms with Crippen molar-refractivity contribution in [1.29, 1.82) is 0 Å². The highest BCUT2D eigenvalue weighted by molar-refractivity contribution is 5.71. The molecule has 0 rings (SSSR count). The van der Waals surface area contributed by atoms with E-state index in [0.29, 0.717) is 23.9 Å². The van der Waals surface area contributed by atoms with Gasteiger partial charge in [-0.05, 0) is 44.9 Å². The number of ether oxygens (including phenoxy) is 3. The Hall–Kier alpha value is -2.41. The number of carbonyl (C=O) groups excluding carboxylic acids is 3. The third-order valence-corrected chi connectivity index (χ3v) is 5.31. The monoisotopic (exact) mass is 522 g/mol. The van der Waals surface area contributed by atoms with Crippen molar-refractivity contribution in [3.63, 3.8) is 0 Å². The van der Waals surface area contributed by atoms with Crippen molar-refractivity contribution in [2.45, 2.75) is 97.0 Å². The molecular formula is C30H52NO6+. The standard InChI is InChI=1S/C30H52NO6/c1-6-7-8-9-10-11-12-13-14-15-16-17-18-19-20-22-29(33)35-23-21-24-36-30(34)25-28(37-27(2)32)26-31(3,4)5/h10-11,13-14,16-17,28H,6-9,12,15,18-26H2,1-5H3/q+1/t28-/m1/s1. The molecule has 0 bridgehead atoms. The van der Waals surface area contributed by atoms with Crippen LogP contribution in [0.5, 0.6) is 0 Å². The van der Waals surface area contributed by atoms with Gasteiger partial charge in [0.1, 0.15) is 6.54 Å². The Kier molecular flexibility index (Phi) is 21.3. The fourth-order valence-electron chi connectivity index (χ4n) is 3.56. The molecule has 0 amide bonds. The molecule has 7 nitrogen and oxygen atoms in total. The average Bonchev–Trinajstić information content (AvgIpc) is 2.79. The van der Waals surface area contributed by atoms with Gasteiger partial charge in [-0.3, -0.25) is 14.4 Å². The molecule has 0 aliphatic heterocycles. The van der Waals surface area contributed by atoms with Gasteiger partial charge in [-0.15, -0.1) is 0 Å². The summed E-state index contributed by atoms with van der Waals surface area (Å²) in [4.78, 5) is 35.2.